The number of hydrogen-bond acceptors (Lipinski definition) is 8. The third kappa shape index (κ3) is 5.59. The normalized spacial score (nSPS) is 25.2. The predicted octanol–water partition coefficient (Wildman–Crippen LogP) is 2.30. The van der Waals surface area contributed by atoms with E-state index in [4.69, 9.17) is 24.4 Å². The van der Waals surface area contributed by atoms with Crippen molar-refractivity contribution in [2.45, 2.75) is 51.2 Å². The molecule has 1 aromatic rings. The Morgan fingerprint density at radius 2 is 2.08 bits per heavy atom. The number of likely N-dealkylation sites (tertiary alicyclic amines) is 1. The number of amidine groups is 1. The minimum Gasteiger partial charge on any atom is -0.494 e. The van der Waals surface area contributed by atoms with Crippen LogP contribution in [0.25, 0.3) is 0 Å². The molecule has 2 fully saturated rings. The average Bonchev–Trinajstić information content (AvgIpc) is 3.47. The summed E-state index contributed by atoms with van der Waals surface area (Å²) in [6.45, 7) is 6.24. The lowest BCUT2D eigenvalue weighted by molar-refractivity contribution is -0.137. The first-order chi connectivity index (χ1) is 17.5. The molecule has 1 aromatic carbocycles. The van der Waals surface area contributed by atoms with Crippen LogP contribution in [0, 0.1) is 17.0 Å². The Bertz CT molecular complexity index is 1150. The second-order valence-corrected chi connectivity index (χ2v) is 9.46. The highest BCUT2D eigenvalue weighted by atomic mass is 19.1. The molecule has 3 aliphatic heterocycles. The summed E-state index contributed by atoms with van der Waals surface area (Å²) in [4.78, 5) is 28.4. The van der Waals surface area contributed by atoms with Crippen LogP contribution in [0.5, 0.6) is 11.5 Å². The molecule has 0 spiro atoms. The van der Waals surface area contributed by atoms with Crippen molar-refractivity contribution in [3.8, 4) is 11.5 Å². The van der Waals surface area contributed by atoms with Gasteiger partial charge in [-0.3, -0.25) is 19.9 Å². The van der Waals surface area contributed by atoms with Crippen molar-refractivity contribution < 1.29 is 37.3 Å². The highest BCUT2D eigenvalue weighted by Gasteiger charge is 2.45. The van der Waals surface area contributed by atoms with Gasteiger partial charge in [-0.25, -0.2) is 4.39 Å². The first kappa shape index (κ1) is 26.6. The molecule has 0 aromatic heterocycles. The molecule has 0 aliphatic carbocycles. The van der Waals surface area contributed by atoms with Gasteiger partial charge in [0.25, 0.3) is 11.8 Å². The molecule has 2 N–H and O–H groups in total. The van der Waals surface area contributed by atoms with Gasteiger partial charge in [0.15, 0.2) is 17.4 Å². The topological polar surface area (TPSA) is 113 Å². The fourth-order valence-corrected chi connectivity index (χ4v) is 4.54. The molecule has 0 radical (unpaired) electrons. The molecule has 3 heterocycles. The SMILES string of the molecule is COc1ccc(F)c(OC2=CC(=O)N([C@H]3CC(C)N(C(=N)/C=C\NC[C@@H]4COC(C)(C)O4)C3=O)C2)c1F. The van der Waals surface area contributed by atoms with E-state index in [9.17, 15) is 18.4 Å². The van der Waals surface area contributed by atoms with Gasteiger partial charge in [0.1, 0.15) is 23.7 Å². The molecule has 37 heavy (non-hydrogen) atoms. The molecule has 200 valence electrons. The summed E-state index contributed by atoms with van der Waals surface area (Å²) in [7, 11) is 1.24. The Morgan fingerprint density at radius 1 is 1.32 bits per heavy atom. The van der Waals surface area contributed by atoms with Crippen LogP contribution in [-0.4, -0.2) is 78.2 Å². The van der Waals surface area contributed by atoms with E-state index in [1.54, 1.807) is 13.1 Å². The molecular formula is C25H30F2N4O6. The minimum atomic E-state index is -1.03. The summed E-state index contributed by atoms with van der Waals surface area (Å²) in [6, 6.07) is 0.943. The van der Waals surface area contributed by atoms with Gasteiger partial charge in [0.05, 0.1) is 20.3 Å². The van der Waals surface area contributed by atoms with Gasteiger partial charge in [0.2, 0.25) is 11.6 Å². The molecule has 12 heteroatoms. The number of nitrogens with zero attached hydrogens (tertiary/aromatic N) is 2. The van der Waals surface area contributed by atoms with E-state index in [0.717, 1.165) is 18.2 Å². The molecule has 0 bridgehead atoms. The van der Waals surface area contributed by atoms with E-state index in [0.29, 0.717) is 19.6 Å². The summed E-state index contributed by atoms with van der Waals surface area (Å²) in [5.41, 5.74) is 0. The lowest BCUT2D eigenvalue weighted by Crippen LogP contribution is -2.44. The van der Waals surface area contributed by atoms with Crippen LogP contribution in [-0.2, 0) is 19.1 Å². The zero-order valence-electron chi connectivity index (χ0n) is 21.0. The van der Waals surface area contributed by atoms with Crippen molar-refractivity contribution in [3.63, 3.8) is 0 Å². The predicted molar refractivity (Wildman–Crippen MR) is 128 cm³/mol. The number of amides is 2. The van der Waals surface area contributed by atoms with Crippen LogP contribution >= 0.6 is 0 Å². The first-order valence-electron chi connectivity index (χ1n) is 11.8. The van der Waals surface area contributed by atoms with Gasteiger partial charge in [-0.1, -0.05) is 0 Å². The smallest absolute Gasteiger partial charge is 0.251 e. The summed E-state index contributed by atoms with van der Waals surface area (Å²) in [6.07, 6.45) is 4.29. The van der Waals surface area contributed by atoms with E-state index < -0.39 is 41.0 Å². The first-order valence-corrected chi connectivity index (χ1v) is 11.8. The monoisotopic (exact) mass is 520 g/mol. The van der Waals surface area contributed by atoms with Crippen LogP contribution in [0.15, 0.2) is 36.2 Å². The highest BCUT2D eigenvalue weighted by Crippen LogP contribution is 2.33. The van der Waals surface area contributed by atoms with Crippen molar-refractivity contribution in [3.05, 3.63) is 47.9 Å². The van der Waals surface area contributed by atoms with Crippen molar-refractivity contribution in [1.29, 1.82) is 5.41 Å². The third-order valence-electron chi connectivity index (χ3n) is 6.30. The zero-order valence-corrected chi connectivity index (χ0v) is 21.0. The lowest BCUT2D eigenvalue weighted by atomic mass is 10.1. The number of carbonyl (C=O) groups excluding carboxylic acids is 2. The fraction of sp³-hybridized carbons (Fsp3) is 0.480. The molecule has 2 amide bonds. The molecule has 1 unspecified atom stereocenters. The van der Waals surface area contributed by atoms with Crippen LogP contribution in [0.3, 0.4) is 0 Å². The van der Waals surface area contributed by atoms with Crippen LogP contribution < -0.4 is 14.8 Å². The fourth-order valence-electron chi connectivity index (χ4n) is 4.54. The van der Waals surface area contributed by atoms with Crippen molar-refractivity contribution >= 4 is 17.6 Å². The van der Waals surface area contributed by atoms with Gasteiger partial charge >= 0.3 is 0 Å². The Kier molecular flexibility index (Phi) is 7.51. The molecule has 2 saturated heterocycles. The molecule has 0 saturated carbocycles. The van der Waals surface area contributed by atoms with E-state index in [1.807, 2.05) is 13.8 Å². The highest BCUT2D eigenvalue weighted by molar-refractivity contribution is 6.07. The van der Waals surface area contributed by atoms with Gasteiger partial charge in [-0.05, 0) is 45.4 Å². The summed E-state index contributed by atoms with van der Waals surface area (Å²) in [5, 5.41) is 11.4. The molecule has 10 nitrogen and oxygen atoms in total. The summed E-state index contributed by atoms with van der Waals surface area (Å²) < 4.78 is 50.0. The second kappa shape index (κ2) is 10.5. The molecule has 3 aliphatic rings. The quantitative estimate of drug-likeness (QED) is 0.400. The standard InChI is InChI=1S/C25H30F2N4O6/c1-14-9-18(24(33)31(14)20(28)7-8-29-11-16-13-35-25(2,3)37-16)30-12-15(10-21(30)32)36-23-17(26)5-6-19(34-4)22(23)27/h5-8,10,14,16,18,28-29H,9,11-13H2,1-4H3/b8-7-,28-20?/t14?,16-,18+/m1/s1. The van der Waals surface area contributed by atoms with Crippen molar-refractivity contribution in [2.75, 3.05) is 26.8 Å². The van der Waals surface area contributed by atoms with Gasteiger partial charge in [-0.2, -0.15) is 4.39 Å². The maximum Gasteiger partial charge on any atom is 0.251 e. The molecular weight excluding hydrogens is 490 g/mol. The van der Waals surface area contributed by atoms with Crippen molar-refractivity contribution in [2.24, 2.45) is 0 Å². The van der Waals surface area contributed by atoms with E-state index in [1.165, 1.54) is 23.0 Å². The number of hydrogen-bond donors (Lipinski definition) is 2. The number of benzene rings is 1. The summed E-state index contributed by atoms with van der Waals surface area (Å²) in [5.74, 6) is -4.48. The Labute approximate surface area is 213 Å². The zero-order chi connectivity index (χ0) is 26.9. The number of carbonyl (C=O) groups is 2. The third-order valence-corrected chi connectivity index (χ3v) is 6.30. The number of ether oxygens (including phenoxy) is 4. The second-order valence-electron chi connectivity index (χ2n) is 9.46. The molecule has 4 rings (SSSR count). The van der Waals surface area contributed by atoms with Crippen molar-refractivity contribution in [1.82, 2.24) is 15.1 Å². The van der Waals surface area contributed by atoms with Gasteiger partial charge < -0.3 is 29.2 Å². The van der Waals surface area contributed by atoms with Gasteiger partial charge in [0, 0.05) is 24.9 Å². The van der Waals surface area contributed by atoms with Crippen LogP contribution in [0.4, 0.5) is 8.78 Å². The van der Waals surface area contributed by atoms with E-state index in [-0.39, 0.29) is 36.0 Å². The maximum atomic E-state index is 14.5. The van der Waals surface area contributed by atoms with E-state index in [2.05, 4.69) is 5.32 Å². The Hall–Kier alpha value is -3.51. The maximum absolute atomic E-state index is 14.5. The van der Waals surface area contributed by atoms with Crippen LogP contribution in [0.2, 0.25) is 0 Å². The summed E-state index contributed by atoms with van der Waals surface area (Å²) >= 11 is 0. The Balaban J connectivity index is 1.35. The minimum absolute atomic E-state index is 0.00424. The van der Waals surface area contributed by atoms with Gasteiger partial charge in [-0.15, -0.1) is 0 Å². The van der Waals surface area contributed by atoms with E-state index >= 15 is 0 Å². The average molecular weight is 521 g/mol. The largest absolute Gasteiger partial charge is 0.494 e. The Morgan fingerprint density at radius 3 is 2.76 bits per heavy atom. The number of halogens is 2. The number of nitrogens with one attached hydrogen (secondary N) is 2. The molecule has 3 atom stereocenters. The number of rotatable bonds is 8. The van der Waals surface area contributed by atoms with Crippen LogP contribution in [0.1, 0.15) is 27.2 Å². The number of methoxy groups -OCH3 is 1. The lowest BCUT2D eigenvalue weighted by Gasteiger charge is -2.23.